The number of hydrogen-bond acceptors (Lipinski definition) is 5. The van der Waals surface area contributed by atoms with E-state index >= 15 is 0 Å². The minimum absolute atomic E-state index is 0.0570. The molecule has 27 heavy (non-hydrogen) atoms. The lowest BCUT2D eigenvalue weighted by molar-refractivity contribution is -0.144. The molecule has 3 aromatic rings. The van der Waals surface area contributed by atoms with E-state index in [-0.39, 0.29) is 30.2 Å². The molecule has 3 rings (SSSR count). The van der Waals surface area contributed by atoms with Crippen molar-refractivity contribution in [2.24, 2.45) is 0 Å². The molecule has 0 aliphatic rings. The van der Waals surface area contributed by atoms with Crippen LogP contribution in [0, 0.1) is 0 Å². The van der Waals surface area contributed by atoms with Gasteiger partial charge in [0.05, 0.1) is 28.3 Å². The standard InChI is InChI=1S/C20H22N2O4S/c1-2-19-21-17-11-6-7-12-18(17)22(19)15-20(23)26-13-8-14-27(24,25)16-9-4-3-5-10-16/h3-7,9-12H,2,8,13-15H2,1H3. The molecule has 0 aliphatic carbocycles. The normalized spacial score (nSPS) is 11.6. The summed E-state index contributed by atoms with van der Waals surface area (Å²) < 4.78 is 31.5. The molecule has 0 N–H and O–H groups in total. The van der Waals surface area contributed by atoms with Gasteiger partial charge in [0.2, 0.25) is 0 Å². The molecule has 0 fully saturated rings. The molecule has 0 saturated carbocycles. The Hall–Kier alpha value is -2.67. The van der Waals surface area contributed by atoms with Gasteiger partial charge in [-0.3, -0.25) is 4.79 Å². The lowest BCUT2D eigenvalue weighted by atomic mass is 10.3. The highest BCUT2D eigenvalue weighted by molar-refractivity contribution is 7.91. The van der Waals surface area contributed by atoms with Crippen LogP contribution in [-0.2, 0) is 32.3 Å². The Labute approximate surface area is 158 Å². The lowest BCUT2D eigenvalue weighted by Gasteiger charge is -2.09. The Morgan fingerprint density at radius 2 is 1.78 bits per heavy atom. The highest BCUT2D eigenvalue weighted by Crippen LogP contribution is 2.16. The van der Waals surface area contributed by atoms with Gasteiger partial charge in [-0.1, -0.05) is 37.3 Å². The first kappa shape index (κ1) is 19.1. The van der Waals surface area contributed by atoms with Crippen molar-refractivity contribution in [3.63, 3.8) is 0 Å². The highest BCUT2D eigenvalue weighted by atomic mass is 32.2. The quantitative estimate of drug-likeness (QED) is 0.439. The van der Waals surface area contributed by atoms with Crippen molar-refractivity contribution in [2.45, 2.75) is 31.2 Å². The van der Waals surface area contributed by atoms with Crippen LogP contribution in [0.5, 0.6) is 0 Å². The number of aryl methyl sites for hydroxylation is 1. The SMILES string of the molecule is CCc1nc2ccccc2n1CC(=O)OCCCS(=O)(=O)c1ccccc1. The average Bonchev–Trinajstić information content (AvgIpc) is 3.04. The molecule has 6 nitrogen and oxygen atoms in total. The Balaban J connectivity index is 1.55. The summed E-state index contributed by atoms with van der Waals surface area (Å²) in [5, 5.41) is 0. The van der Waals surface area contributed by atoms with E-state index in [1.54, 1.807) is 30.3 Å². The topological polar surface area (TPSA) is 78.3 Å². The van der Waals surface area contributed by atoms with E-state index in [0.717, 1.165) is 16.9 Å². The van der Waals surface area contributed by atoms with Crippen molar-refractivity contribution < 1.29 is 17.9 Å². The molecule has 7 heteroatoms. The number of aromatic nitrogens is 2. The van der Waals surface area contributed by atoms with Crippen LogP contribution in [0.25, 0.3) is 11.0 Å². The Morgan fingerprint density at radius 1 is 1.07 bits per heavy atom. The monoisotopic (exact) mass is 386 g/mol. The molecule has 0 aliphatic heterocycles. The van der Waals surface area contributed by atoms with E-state index < -0.39 is 15.8 Å². The maximum Gasteiger partial charge on any atom is 0.326 e. The number of carbonyl (C=O) groups is 1. The largest absolute Gasteiger partial charge is 0.464 e. The Morgan fingerprint density at radius 3 is 2.52 bits per heavy atom. The van der Waals surface area contributed by atoms with Crippen LogP contribution in [-0.4, -0.2) is 36.3 Å². The minimum Gasteiger partial charge on any atom is -0.464 e. The van der Waals surface area contributed by atoms with Crippen LogP contribution in [0.2, 0.25) is 0 Å². The first-order valence-electron chi connectivity index (χ1n) is 8.89. The third kappa shape index (κ3) is 4.54. The van der Waals surface area contributed by atoms with Crippen LogP contribution < -0.4 is 0 Å². The molecule has 1 aromatic heterocycles. The van der Waals surface area contributed by atoms with E-state index in [1.165, 1.54) is 0 Å². The van der Waals surface area contributed by atoms with Gasteiger partial charge >= 0.3 is 5.97 Å². The summed E-state index contributed by atoms with van der Waals surface area (Å²) in [4.78, 5) is 17.0. The zero-order valence-electron chi connectivity index (χ0n) is 15.2. The van der Waals surface area contributed by atoms with Crippen molar-refractivity contribution >= 4 is 26.8 Å². The van der Waals surface area contributed by atoms with Gasteiger partial charge in [-0.05, 0) is 30.7 Å². The van der Waals surface area contributed by atoms with Crippen LogP contribution in [0.15, 0.2) is 59.5 Å². The number of sulfone groups is 1. The van der Waals surface area contributed by atoms with E-state index in [4.69, 9.17) is 4.74 Å². The number of para-hydroxylation sites is 2. The molecule has 0 atom stereocenters. The smallest absolute Gasteiger partial charge is 0.326 e. The second-order valence-electron chi connectivity index (χ2n) is 6.16. The highest BCUT2D eigenvalue weighted by Gasteiger charge is 2.15. The second-order valence-corrected chi connectivity index (χ2v) is 8.27. The molecular formula is C20H22N2O4S. The summed E-state index contributed by atoms with van der Waals surface area (Å²) in [7, 11) is -3.35. The number of rotatable bonds is 8. The molecule has 0 amide bonds. The van der Waals surface area contributed by atoms with Crippen LogP contribution in [0.1, 0.15) is 19.2 Å². The number of hydrogen-bond donors (Lipinski definition) is 0. The third-order valence-corrected chi connectivity index (χ3v) is 6.08. The second kappa shape index (κ2) is 8.35. The van der Waals surface area contributed by atoms with E-state index in [0.29, 0.717) is 6.42 Å². The maximum absolute atomic E-state index is 12.2. The molecule has 0 spiro atoms. The van der Waals surface area contributed by atoms with E-state index in [2.05, 4.69) is 4.98 Å². The number of benzene rings is 2. The summed E-state index contributed by atoms with van der Waals surface area (Å²) in [6.07, 6.45) is 0.964. The fourth-order valence-corrected chi connectivity index (χ4v) is 4.23. The number of esters is 1. The molecule has 2 aromatic carbocycles. The van der Waals surface area contributed by atoms with Gasteiger partial charge in [-0.2, -0.15) is 0 Å². The summed E-state index contributed by atoms with van der Waals surface area (Å²) in [5.41, 5.74) is 1.73. The van der Waals surface area contributed by atoms with Gasteiger partial charge in [-0.15, -0.1) is 0 Å². The third-order valence-electron chi connectivity index (χ3n) is 4.26. The Kier molecular flexibility index (Phi) is 5.91. The molecule has 0 unspecified atom stereocenters. The zero-order chi connectivity index (χ0) is 19.3. The van der Waals surface area contributed by atoms with Gasteiger partial charge in [0.15, 0.2) is 9.84 Å². The summed E-state index contributed by atoms with van der Waals surface area (Å²) in [6.45, 7) is 2.12. The molecule has 0 saturated heterocycles. The fraction of sp³-hybridized carbons (Fsp3) is 0.300. The molecule has 1 heterocycles. The van der Waals surface area contributed by atoms with Crippen molar-refractivity contribution in [3.8, 4) is 0 Å². The molecule has 142 valence electrons. The van der Waals surface area contributed by atoms with E-state index in [9.17, 15) is 13.2 Å². The minimum atomic E-state index is -3.35. The van der Waals surface area contributed by atoms with Crippen molar-refractivity contribution in [1.29, 1.82) is 0 Å². The Bertz CT molecular complexity index is 1030. The number of carbonyl (C=O) groups excluding carboxylic acids is 1. The van der Waals surface area contributed by atoms with Gasteiger partial charge in [-0.25, -0.2) is 13.4 Å². The maximum atomic E-state index is 12.2. The van der Waals surface area contributed by atoms with E-state index in [1.807, 2.05) is 35.8 Å². The predicted octanol–water partition coefficient (Wildman–Crippen LogP) is 3.01. The van der Waals surface area contributed by atoms with Crippen molar-refractivity contribution in [3.05, 3.63) is 60.4 Å². The molecular weight excluding hydrogens is 364 g/mol. The lowest BCUT2D eigenvalue weighted by Crippen LogP contribution is -2.17. The number of fused-ring (bicyclic) bond motifs is 1. The van der Waals surface area contributed by atoms with Crippen LogP contribution in [0.3, 0.4) is 0 Å². The average molecular weight is 386 g/mol. The van der Waals surface area contributed by atoms with Crippen LogP contribution >= 0.6 is 0 Å². The van der Waals surface area contributed by atoms with Gasteiger partial charge in [0, 0.05) is 6.42 Å². The summed E-state index contributed by atoms with van der Waals surface area (Å²) in [5.74, 6) is 0.364. The van der Waals surface area contributed by atoms with Crippen molar-refractivity contribution in [1.82, 2.24) is 9.55 Å². The molecule has 0 bridgehead atoms. The summed E-state index contributed by atoms with van der Waals surface area (Å²) in [6, 6.07) is 15.9. The first-order valence-corrected chi connectivity index (χ1v) is 10.5. The van der Waals surface area contributed by atoms with Gasteiger partial charge in [0.25, 0.3) is 0 Å². The number of nitrogens with zero attached hydrogens (tertiary/aromatic N) is 2. The van der Waals surface area contributed by atoms with Crippen LogP contribution in [0.4, 0.5) is 0 Å². The van der Waals surface area contributed by atoms with Gasteiger partial charge < -0.3 is 9.30 Å². The first-order chi connectivity index (χ1) is 13.0. The van der Waals surface area contributed by atoms with Crippen molar-refractivity contribution in [2.75, 3.05) is 12.4 Å². The number of ether oxygens (including phenoxy) is 1. The zero-order valence-corrected chi connectivity index (χ0v) is 16.0. The number of imidazole rings is 1. The summed E-state index contributed by atoms with van der Waals surface area (Å²) >= 11 is 0. The fourth-order valence-electron chi connectivity index (χ4n) is 2.93. The predicted molar refractivity (Wildman–Crippen MR) is 103 cm³/mol. The van der Waals surface area contributed by atoms with Gasteiger partial charge in [0.1, 0.15) is 12.4 Å². The molecule has 0 radical (unpaired) electrons.